The zero-order valence-electron chi connectivity index (χ0n) is 16.1. The van der Waals surface area contributed by atoms with Crippen LogP contribution in [-0.2, 0) is 17.5 Å². The average molecular weight is 417 g/mol. The maximum Gasteiger partial charge on any atom is 0.416 e. The molecular weight excluding hydrogens is 399 g/mol. The number of pyridine rings is 1. The molecule has 0 atom stereocenters. The summed E-state index contributed by atoms with van der Waals surface area (Å²) in [5.41, 5.74) is -0.810. The Morgan fingerprint density at radius 2 is 1.60 bits per heavy atom. The van der Waals surface area contributed by atoms with Gasteiger partial charge in [-0.2, -0.15) is 13.2 Å². The fourth-order valence-corrected chi connectivity index (χ4v) is 3.04. The zero-order valence-corrected chi connectivity index (χ0v) is 16.1. The number of amides is 2. The van der Waals surface area contributed by atoms with Crippen LogP contribution >= 0.6 is 0 Å². The van der Waals surface area contributed by atoms with Crippen molar-refractivity contribution in [1.29, 1.82) is 0 Å². The number of fused-ring (bicyclic) bond motifs is 1. The Kier molecular flexibility index (Phi) is 5.64. The number of halogens is 3. The quantitative estimate of drug-likeness (QED) is 0.666. The van der Waals surface area contributed by atoms with Crippen molar-refractivity contribution in [2.45, 2.75) is 26.6 Å². The molecule has 1 aromatic heterocycles. The van der Waals surface area contributed by atoms with Crippen LogP contribution in [0.1, 0.15) is 29.8 Å². The second-order valence-corrected chi connectivity index (χ2v) is 6.60. The number of anilines is 2. The van der Waals surface area contributed by atoms with E-state index in [1.54, 1.807) is 23.6 Å². The third-order valence-electron chi connectivity index (χ3n) is 4.46. The van der Waals surface area contributed by atoms with E-state index in [0.29, 0.717) is 23.4 Å². The van der Waals surface area contributed by atoms with Crippen LogP contribution in [0.5, 0.6) is 0 Å². The molecule has 0 spiro atoms. The van der Waals surface area contributed by atoms with Crippen LogP contribution in [-0.4, -0.2) is 16.4 Å². The number of hydrogen-bond acceptors (Lipinski definition) is 3. The standard InChI is InChI=1S/C21H18F3N3O3/c1-3-27-11-17(19(29)16-10-13(21(22,23)24)4-9-18(16)27)20(30)26-15-7-5-14(6-8-15)25-12(2)28/h4-11H,3H2,1-2H3,(H,25,28)(H,26,30). The lowest BCUT2D eigenvalue weighted by Gasteiger charge is -2.14. The van der Waals surface area contributed by atoms with E-state index in [0.717, 1.165) is 12.1 Å². The van der Waals surface area contributed by atoms with Gasteiger partial charge in [0, 0.05) is 36.4 Å². The summed E-state index contributed by atoms with van der Waals surface area (Å²) in [7, 11) is 0. The van der Waals surface area contributed by atoms with E-state index < -0.39 is 23.1 Å². The third-order valence-corrected chi connectivity index (χ3v) is 4.46. The summed E-state index contributed by atoms with van der Waals surface area (Å²) in [6.07, 6.45) is -3.27. The van der Waals surface area contributed by atoms with Crippen molar-refractivity contribution in [1.82, 2.24) is 4.57 Å². The first-order chi connectivity index (χ1) is 14.1. The molecule has 0 fully saturated rings. The highest BCUT2D eigenvalue weighted by Crippen LogP contribution is 2.31. The molecule has 3 rings (SSSR count). The number of benzene rings is 2. The largest absolute Gasteiger partial charge is 0.416 e. The second-order valence-electron chi connectivity index (χ2n) is 6.60. The molecule has 0 saturated carbocycles. The van der Waals surface area contributed by atoms with E-state index in [1.165, 1.54) is 31.3 Å². The molecule has 0 unspecified atom stereocenters. The van der Waals surface area contributed by atoms with Gasteiger partial charge >= 0.3 is 6.18 Å². The number of nitrogens with zero attached hydrogens (tertiary/aromatic N) is 1. The Balaban J connectivity index is 2.00. The van der Waals surface area contributed by atoms with Crippen LogP contribution < -0.4 is 16.1 Å². The van der Waals surface area contributed by atoms with E-state index in [-0.39, 0.29) is 16.9 Å². The highest BCUT2D eigenvalue weighted by atomic mass is 19.4. The van der Waals surface area contributed by atoms with E-state index in [9.17, 15) is 27.6 Å². The summed E-state index contributed by atoms with van der Waals surface area (Å²) < 4.78 is 40.8. The first kappa shape index (κ1) is 21.1. The number of hydrogen-bond donors (Lipinski definition) is 2. The molecule has 0 bridgehead atoms. The summed E-state index contributed by atoms with van der Waals surface area (Å²) in [6, 6.07) is 9.10. The summed E-state index contributed by atoms with van der Waals surface area (Å²) in [5, 5.41) is 4.95. The molecule has 30 heavy (non-hydrogen) atoms. The molecule has 0 aliphatic heterocycles. The Morgan fingerprint density at radius 3 is 2.13 bits per heavy atom. The van der Waals surface area contributed by atoms with Gasteiger partial charge in [0.15, 0.2) is 0 Å². The Hall–Kier alpha value is -3.62. The van der Waals surface area contributed by atoms with Gasteiger partial charge in [-0.05, 0) is 49.4 Å². The van der Waals surface area contributed by atoms with Gasteiger partial charge in [-0.1, -0.05) is 0 Å². The van der Waals surface area contributed by atoms with Crippen LogP contribution in [0.3, 0.4) is 0 Å². The normalized spacial score (nSPS) is 11.4. The van der Waals surface area contributed by atoms with Crippen molar-refractivity contribution >= 4 is 34.1 Å². The van der Waals surface area contributed by atoms with Crippen molar-refractivity contribution in [2.75, 3.05) is 10.6 Å². The van der Waals surface area contributed by atoms with Gasteiger partial charge < -0.3 is 15.2 Å². The summed E-state index contributed by atoms with van der Waals surface area (Å²) in [4.78, 5) is 36.5. The molecule has 3 aromatic rings. The van der Waals surface area contributed by atoms with Crippen LogP contribution in [0.15, 0.2) is 53.5 Å². The summed E-state index contributed by atoms with van der Waals surface area (Å²) in [5.74, 6) is -0.991. The minimum Gasteiger partial charge on any atom is -0.347 e. The number of carbonyl (C=O) groups excluding carboxylic acids is 2. The number of aryl methyl sites for hydroxylation is 1. The minimum absolute atomic E-state index is 0.180. The second kappa shape index (κ2) is 8.02. The first-order valence-electron chi connectivity index (χ1n) is 9.03. The molecular formula is C21H18F3N3O3. The van der Waals surface area contributed by atoms with Gasteiger partial charge in [-0.25, -0.2) is 0 Å². The Labute approximate surface area is 169 Å². The molecule has 0 saturated heterocycles. The number of nitrogens with one attached hydrogen (secondary N) is 2. The molecule has 2 amide bonds. The van der Waals surface area contributed by atoms with Crippen LogP contribution in [0.2, 0.25) is 0 Å². The lowest BCUT2D eigenvalue weighted by molar-refractivity contribution is -0.137. The maximum atomic E-state index is 13.1. The monoisotopic (exact) mass is 417 g/mol. The highest BCUT2D eigenvalue weighted by Gasteiger charge is 2.31. The first-order valence-corrected chi connectivity index (χ1v) is 9.03. The molecule has 2 aromatic carbocycles. The van der Waals surface area contributed by atoms with Crippen molar-refractivity contribution < 1.29 is 22.8 Å². The Morgan fingerprint density at radius 1 is 1.00 bits per heavy atom. The van der Waals surface area contributed by atoms with Gasteiger partial charge in [-0.3, -0.25) is 14.4 Å². The molecule has 156 valence electrons. The van der Waals surface area contributed by atoms with Gasteiger partial charge in [0.2, 0.25) is 11.3 Å². The number of rotatable bonds is 4. The maximum absolute atomic E-state index is 13.1. The van der Waals surface area contributed by atoms with Crippen LogP contribution in [0.25, 0.3) is 10.9 Å². The fraction of sp³-hybridized carbons (Fsp3) is 0.190. The van der Waals surface area contributed by atoms with Crippen LogP contribution in [0.4, 0.5) is 24.5 Å². The van der Waals surface area contributed by atoms with Crippen molar-refractivity contribution in [3.8, 4) is 0 Å². The molecule has 6 nitrogen and oxygen atoms in total. The predicted octanol–water partition coefficient (Wildman–Crippen LogP) is 4.25. The lowest BCUT2D eigenvalue weighted by atomic mass is 10.1. The molecule has 9 heteroatoms. The molecule has 0 radical (unpaired) electrons. The number of alkyl halides is 3. The number of aromatic nitrogens is 1. The van der Waals surface area contributed by atoms with E-state index in [2.05, 4.69) is 10.6 Å². The summed E-state index contributed by atoms with van der Waals surface area (Å²) >= 11 is 0. The molecule has 0 aliphatic carbocycles. The average Bonchev–Trinajstić information content (AvgIpc) is 2.68. The van der Waals surface area contributed by atoms with Crippen molar-refractivity contribution in [2.24, 2.45) is 0 Å². The van der Waals surface area contributed by atoms with Crippen molar-refractivity contribution in [3.05, 3.63) is 70.0 Å². The third kappa shape index (κ3) is 4.35. The topological polar surface area (TPSA) is 80.2 Å². The molecule has 1 heterocycles. The predicted molar refractivity (Wildman–Crippen MR) is 108 cm³/mol. The van der Waals surface area contributed by atoms with E-state index in [4.69, 9.17) is 0 Å². The number of carbonyl (C=O) groups is 2. The van der Waals surface area contributed by atoms with Crippen molar-refractivity contribution in [3.63, 3.8) is 0 Å². The van der Waals surface area contributed by atoms with Gasteiger partial charge in [-0.15, -0.1) is 0 Å². The van der Waals surface area contributed by atoms with Gasteiger partial charge in [0.1, 0.15) is 5.56 Å². The fourth-order valence-electron chi connectivity index (χ4n) is 3.04. The van der Waals surface area contributed by atoms with Gasteiger partial charge in [0.25, 0.3) is 5.91 Å². The zero-order chi connectivity index (χ0) is 22.1. The summed E-state index contributed by atoms with van der Waals surface area (Å²) in [6.45, 7) is 3.47. The smallest absolute Gasteiger partial charge is 0.347 e. The Bertz CT molecular complexity index is 1180. The lowest BCUT2D eigenvalue weighted by Crippen LogP contribution is -2.24. The minimum atomic E-state index is -4.61. The highest BCUT2D eigenvalue weighted by molar-refractivity contribution is 6.06. The van der Waals surface area contributed by atoms with E-state index in [1.807, 2.05) is 0 Å². The molecule has 2 N–H and O–H groups in total. The SMILES string of the molecule is CCn1cc(C(=O)Nc2ccc(NC(C)=O)cc2)c(=O)c2cc(C(F)(F)F)ccc21. The molecule has 0 aliphatic rings. The van der Waals surface area contributed by atoms with E-state index >= 15 is 0 Å². The van der Waals surface area contributed by atoms with Gasteiger partial charge in [0.05, 0.1) is 11.1 Å². The van der Waals surface area contributed by atoms with Crippen LogP contribution in [0, 0.1) is 0 Å².